The summed E-state index contributed by atoms with van der Waals surface area (Å²) in [5.41, 5.74) is 1.11. The molecule has 8 nitrogen and oxygen atoms in total. The van der Waals surface area contributed by atoms with Crippen LogP contribution in [0, 0.1) is 0 Å². The molecular formula is C31H36ClN3O5S. The lowest BCUT2D eigenvalue weighted by molar-refractivity contribution is -0.139. The highest BCUT2D eigenvalue weighted by Crippen LogP contribution is 2.26. The van der Waals surface area contributed by atoms with Crippen LogP contribution < -0.4 is 14.4 Å². The summed E-state index contributed by atoms with van der Waals surface area (Å²) in [4.78, 5) is 28.8. The average molecular weight is 598 g/mol. The van der Waals surface area contributed by atoms with E-state index in [4.69, 9.17) is 16.3 Å². The van der Waals surface area contributed by atoms with Crippen LogP contribution >= 0.6 is 11.6 Å². The number of ether oxygens (including phenoxy) is 1. The second-order valence-corrected chi connectivity index (χ2v) is 12.5. The Morgan fingerprint density at radius 2 is 1.59 bits per heavy atom. The zero-order valence-corrected chi connectivity index (χ0v) is 24.9. The molecule has 1 N–H and O–H groups in total. The summed E-state index contributed by atoms with van der Waals surface area (Å²) in [5, 5.41) is 3.51. The van der Waals surface area contributed by atoms with E-state index in [-0.39, 0.29) is 23.4 Å². The van der Waals surface area contributed by atoms with Crippen LogP contribution in [0.2, 0.25) is 5.02 Å². The van der Waals surface area contributed by atoms with E-state index in [1.54, 1.807) is 56.5 Å². The van der Waals surface area contributed by atoms with E-state index in [0.717, 1.165) is 42.0 Å². The predicted octanol–water partition coefficient (Wildman–Crippen LogP) is 5.41. The Morgan fingerprint density at radius 1 is 0.951 bits per heavy atom. The van der Waals surface area contributed by atoms with Gasteiger partial charge in [-0.25, -0.2) is 8.42 Å². The second-order valence-electron chi connectivity index (χ2n) is 10.2. The van der Waals surface area contributed by atoms with Crippen molar-refractivity contribution in [1.29, 1.82) is 0 Å². The molecule has 0 radical (unpaired) electrons. The lowest BCUT2D eigenvalue weighted by Gasteiger charge is -2.33. The smallest absolute Gasteiger partial charge is 0.264 e. The van der Waals surface area contributed by atoms with Gasteiger partial charge in [0.2, 0.25) is 11.8 Å². The van der Waals surface area contributed by atoms with Crippen LogP contribution in [0.5, 0.6) is 5.75 Å². The third kappa shape index (κ3) is 7.80. The van der Waals surface area contributed by atoms with E-state index < -0.39 is 28.5 Å². The van der Waals surface area contributed by atoms with Crippen LogP contribution in [0.15, 0.2) is 83.8 Å². The van der Waals surface area contributed by atoms with Gasteiger partial charge in [-0.3, -0.25) is 13.9 Å². The Morgan fingerprint density at radius 3 is 2.20 bits per heavy atom. The maximum absolute atomic E-state index is 14.0. The summed E-state index contributed by atoms with van der Waals surface area (Å²) < 4.78 is 34.0. The Kier molecular flexibility index (Phi) is 10.3. The van der Waals surface area contributed by atoms with Crippen molar-refractivity contribution in [3.63, 3.8) is 0 Å². The first-order chi connectivity index (χ1) is 19.7. The largest absolute Gasteiger partial charge is 0.497 e. The fourth-order valence-electron chi connectivity index (χ4n) is 4.94. The van der Waals surface area contributed by atoms with Gasteiger partial charge in [0.1, 0.15) is 18.3 Å². The molecule has 0 aromatic heterocycles. The number of nitrogens with zero attached hydrogens (tertiary/aromatic N) is 2. The Balaban J connectivity index is 1.65. The van der Waals surface area contributed by atoms with E-state index in [0.29, 0.717) is 16.5 Å². The fourth-order valence-corrected chi connectivity index (χ4v) is 6.48. The SMILES string of the molecule is COc1ccc(CN(C(=O)CN(c2ccccc2)S(=O)(=O)c2ccc(Cl)cc2)[C@@H](C)C(=O)NC2CCCCC2)cc1. The number of halogens is 1. The third-order valence-electron chi connectivity index (χ3n) is 7.36. The van der Waals surface area contributed by atoms with Crippen molar-refractivity contribution in [2.75, 3.05) is 18.0 Å². The molecule has 1 aliphatic rings. The molecule has 10 heteroatoms. The minimum atomic E-state index is -4.14. The minimum Gasteiger partial charge on any atom is -0.497 e. The topological polar surface area (TPSA) is 96.0 Å². The van der Waals surface area contributed by atoms with Crippen LogP contribution in [0.4, 0.5) is 5.69 Å². The van der Waals surface area contributed by atoms with Crippen molar-refractivity contribution in [1.82, 2.24) is 10.2 Å². The number of anilines is 1. The molecule has 0 heterocycles. The number of rotatable bonds is 11. The predicted molar refractivity (Wildman–Crippen MR) is 160 cm³/mol. The van der Waals surface area contributed by atoms with Gasteiger partial charge in [0.25, 0.3) is 10.0 Å². The molecular weight excluding hydrogens is 562 g/mol. The Hall–Kier alpha value is -3.56. The van der Waals surface area contributed by atoms with Gasteiger partial charge in [-0.1, -0.05) is 61.2 Å². The molecule has 3 aromatic rings. The Labute approximate surface area is 247 Å². The third-order valence-corrected chi connectivity index (χ3v) is 9.40. The van der Waals surface area contributed by atoms with Gasteiger partial charge in [-0.2, -0.15) is 0 Å². The minimum absolute atomic E-state index is 0.00310. The monoisotopic (exact) mass is 597 g/mol. The molecule has 218 valence electrons. The lowest BCUT2D eigenvalue weighted by atomic mass is 9.95. The van der Waals surface area contributed by atoms with Gasteiger partial charge in [-0.15, -0.1) is 0 Å². The van der Waals surface area contributed by atoms with Crippen LogP contribution in [-0.4, -0.2) is 50.9 Å². The van der Waals surface area contributed by atoms with Gasteiger partial charge in [-0.05, 0) is 73.9 Å². The van der Waals surface area contributed by atoms with E-state index >= 15 is 0 Å². The summed E-state index contributed by atoms with van der Waals surface area (Å²) >= 11 is 6.00. The number of nitrogens with one attached hydrogen (secondary N) is 1. The first-order valence-corrected chi connectivity index (χ1v) is 15.6. The number of hydrogen-bond donors (Lipinski definition) is 1. The first kappa shape index (κ1) is 30.4. The number of carbonyl (C=O) groups is 2. The number of hydrogen-bond acceptors (Lipinski definition) is 5. The molecule has 1 fully saturated rings. The van der Waals surface area contributed by atoms with Crippen LogP contribution in [0.3, 0.4) is 0 Å². The molecule has 0 unspecified atom stereocenters. The van der Waals surface area contributed by atoms with Gasteiger partial charge < -0.3 is 15.0 Å². The van der Waals surface area contributed by atoms with Gasteiger partial charge in [0, 0.05) is 17.6 Å². The van der Waals surface area contributed by atoms with E-state index in [1.165, 1.54) is 29.2 Å². The highest BCUT2D eigenvalue weighted by Gasteiger charge is 2.33. The van der Waals surface area contributed by atoms with Crippen molar-refractivity contribution < 1.29 is 22.7 Å². The summed E-state index contributed by atoms with van der Waals surface area (Å²) in [5.74, 6) is -0.0990. The number of amides is 2. The van der Waals surface area contributed by atoms with E-state index in [1.807, 2.05) is 12.1 Å². The molecule has 4 rings (SSSR count). The first-order valence-electron chi connectivity index (χ1n) is 13.7. The fraction of sp³-hybridized carbons (Fsp3) is 0.355. The molecule has 0 bridgehead atoms. The molecule has 41 heavy (non-hydrogen) atoms. The maximum Gasteiger partial charge on any atom is 0.264 e. The van der Waals surface area contributed by atoms with Crippen molar-refractivity contribution in [3.05, 3.63) is 89.4 Å². The lowest BCUT2D eigenvalue weighted by Crippen LogP contribution is -2.53. The molecule has 0 aliphatic heterocycles. The zero-order valence-electron chi connectivity index (χ0n) is 23.3. The highest BCUT2D eigenvalue weighted by atomic mass is 35.5. The van der Waals surface area contributed by atoms with Crippen LogP contribution in [0.25, 0.3) is 0 Å². The number of sulfonamides is 1. The molecule has 2 amide bonds. The average Bonchev–Trinajstić information content (AvgIpc) is 2.99. The number of carbonyl (C=O) groups excluding carboxylic acids is 2. The molecule has 1 aliphatic carbocycles. The van der Waals surface area contributed by atoms with E-state index in [9.17, 15) is 18.0 Å². The zero-order chi connectivity index (χ0) is 29.4. The number of benzene rings is 3. The normalized spacial score (nSPS) is 14.6. The molecule has 1 saturated carbocycles. The second kappa shape index (κ2) is 13.9. The van der Waals surface area contributed by atoms with Crippen molar-refractivity contribution in [2.45, 2.75) is 62.6 Å². The van der Waals surface area contributed by atoms with Crippen LogP contribution in [-0.2, 0) is 26.2 Å². The maximum atomic E-state index is 14.0. The molecule has 1 atom stereocenters. The van der Waals surface area contributed by atoms with Gasteiger partial charge in [0.15, 0.2) is 0 Å². The summed E-state index contributed by atoms with van der Waals surface area (Å²) in [6.07, 6.45) is 5.09. The number of para-hydroxylation sites is 1. The Bertz CT molecular complexity index is 1410. The highest BCUT2D eigenvalue weighted by molar-refractivity contribution is 7.92. The summed E-state index contributed by atoms with van der Waals surface area (Å²) in [6, 6.07) is 20.7. The summed E-state index contributed by atoms with van der Waals surface area (Å²) in [6.45, 7) is 1.30. The standard InChI is InChI=1S/C31H36ClN3O5S/c1-23(31(37)33-26-9-5-3-6-10-26)34(21-24-13-17-28(40-2)18-14-24)30(36)22-35(27-11-7-4-8-12-27)41(38,39)29-19-15-25(32)16-20-29/h4,7-8,11-20,23,26H,3,5-6,9-10,21-22H2,1-2H3,(H,33,37)/t23-/m0/s1. The molecule has 0 saturated heterocycles. The van der Waals surface area contributed by atoms with Crippen molar-refractivity contribution in [3.8, 4) is 5.75 Å². The van der Waals surface area contributed by atoms with Crippen LogP contribution in [0.1, 0.15) is 44.6 Å². The quantitative estimate of drug-likeness (QED) is 0.319. The van der Waals surface area contributed by atoms with Gasteiger partial charge in [0.05, 0.1) is 17.7 Å². The van der Waals surface area contributed by atoms with E-state index in [2.05, 4.69) is 5.32 Å². The number of methoxy groups -OCH3 is 1. The molecule has 0 spiro atoms. The summed E-state index contributed by atoms with van der Waals surface area (Å²) in [7, 11) is -2.57. The van der Waals surface area contributed by atoms with Crippen molar-refractivity contribution in [2.24, 2.45) is 0 Å². The van der Waals surface area contributed by atoms with Crippen molar-refractivity contribution >= 4 is 39.1 Å². The molecule has 3 aromatic carbocycles. The van der Waals surface area contributed by atoms with Gasteiger partial charge >= 0.3 is 0 Å².